The normalized spacial score (nSPS) is 16.5. The van der Waals surface area contributed by atoms with Crippen molar-refractivity contribution in [2.75, 3.05) is 53.9 Å². The van der Waals surface area contributed by atoms with Crippen LogP contribution in [0.3, 0.4) is 0 Å². The Balaban J connectivity index is 1.79. The molecule has 0 spiro atoms. The number of likely N-dealkylation sites (N-methyl/N-ethyl adjacent to an activating group) is 1. The van der Waals surface area contributed by atoms with E-state index in [1.165, 1.54) is 0 Å². The summed E-state index contributed by atoms with van der Waals surface area (Å²) in [5.74, 6) is 1.65. The summed E-state index contributed by atoms with van der Waals surface area (Å²) >= 11 is 0. The average molecular weight is 322 g/mol. The predicted octanol–water partition coefficient (Wildman–Crippen LogP) is -0.236. The van der Waals surface area contributed by atoms with Crippen molar-refractivity contribution in [3.05, 3.63) is 17.5 Å². The first-order chi connectivity index (χ1) is 11.0. The summed E-state index contributed by atoms with van der Waals surface area (Å²) in [7, 11) is 5.24. The number of hydrogen-bond donors (Lipinski definition) is 1. The Kier molecular flexibility index (Phi) is 5.97. The third-order valence-corrected chi connectivity index (χ3v) is 3.84. The Bertz CT molecular complexity index is 546. The number of aromatic nitrogens is 1. The summed E-state index contributed by atoms with van der Waals surface area (Å²) in [6.45, 7) is 6.55. The summed E-state index contributed by atoms with van der Waals surface area (Å²) in [6, 6.07) is 1.97. The van der Waals surface area contributed by atoms with Crippen LogP contribution < -0.4 is 5.32 Å². The van der Waals surface area contributed by atoms with Crippen LogP contribution in [0.15, 0.2) is 15.6 Å². The monoisotopic (exact) mass is 322 g/mol. The van der Waals surface area contributed by atoms with Crippen LogP contribution in [0.5, 0.6) is 0 Å². The minimum atomic E-state index is 0.0335. The first kappa shape index (κ1) is 17.3. The summed E-state index contributed by atoms with van der Waals surface area (Å²) in [4.78, 5) is 22.0. The Hall–Kier alpha value is -2.09. The van der Waals surface area contributed by atoms with Gasteiger partial charge in [-0.2, -0.15) is 0 Å². The molecule has 1 aromatic heterocycles. The van der Waals surface area contributed by atoms with E-state index in [0.717, 1.165) is 50.1 Å². The molecule has 0 bridgehead atoms. The lowest BCUT2D eigenvalue weighted by atomic mass is 10.3. The molecule has 1 saturated heterocycles. The maximum absolute atomic E-state index is 11.7. The molecule has 2 rings (SSSR count). The summed E-state index contributed by atoms with van der Waals surface area (Å²) in [5.41, 5.74) is 0.968. The van der Waals surface area contributed by atoms with Crippen molar-refractivity contribution >= 4 is 11.9 Å². The van der Waals surface area contributed by atoms with Crippen LogP contribution in [0, 0.1) is 6.92 Å². The number of piperazine rings is 1. The number of aryl methyl sites for hydroxylation is 1. The van der Waals surface area contributed by atoms with Gasteiger partial charge in [0.15, 0.2) is 5.96 Å². The highest BCUT2D eigenvalue weighted by atomic mass is 16.5. The number of hydrogen-bond acceptors (Lipinski definition) is 5. The van der Waals surface area contributed by atoms with Crippen LogP contribution in [-0.2, 0) is 11.3 Å². The predicted molar refractivity (Wildman–Crippen MR) is 88.1 cm³/mol. The average Bonchev–Trinajstić information content (AvgIpc) is 2.94. The molecule has 0 aliphatic carbocycles. The SMILES string of the molecule is CN=C(NCC(=O)N(C)C)N1CCN(Cc2cc(C)on2)CC1. The van der Waals surface area contributed by atoms with E-state index in [1.807, 2.05) is 13.0 Å². The Morgan fingerprint density at radius 2 is 2.09 bits per heavy atom. The maximum atomic E-state index is 11.7. The number of nitrogens with one attached hydrogen (secondary N) is 1. The Morgan fingerprint density at radius 1 is 1.39 bits per heavy atom. The van der Waals surface area contributed by atoms with Crippen LogP contribution in [-0.4, -0.2) is 85.6 Å². The molecule has 1 N–H and O–H groups in total. The molecule has 0 unspecified atom stereocenters. The lowest BCUT2D eigenvalue weighted by Crippen LogP contribution is -2.53. The number of carbonyl (C=O) groups is 1. The molecule has 1 aromatic rings. The molecule has 128 valence electrons. The second kappa shape index (κ2) is 7.96. The molecule has 2 heterocycles. The van der Waals surface area contributed by atoms with Gasteiger partial charge in [0.2, 0.25) is 5.91 Å². The third kappa shape index (κ3) is 4.95. The minimum Gasteiger partial charge on any atom is -0.361 e. The van der Waals surface area contributed by atoms with Crippen molar-refractivity contribution in [2.45, 2.75) is 13.5 Å². The molecule has 8 nitrogen and oxygen atoms in total. The van der Waals surface area contributed by atoms with Gasteiger partial charge in [-0.3, -0.25) is 14.7 Å². The molecular weight excluding hydrogens is 296 g/mol. The molecule has 8 heteroatoms. The zero-order valence-corrected chi connectivity index (χ0v) is 14.4. The first-order valence-electron chi connectivity index (χ1n) is 7.80. The summed E-state index contributed by atoms with van der Waals surface area (Å²) in [6.07, 6.45) is 0. The van der Waals surface area contributed by atoms with Crippen LogP contribution >= 0.6 is 0 Å². The van der Waals surface area contributed by atoms with Crippen LogP contribution in [0.4, 0.5) is 0 Å². The van der Waals surface area contributed by atoms with Gasteiger partial charge >= 0.3 is 0 Å². The number of guanidine groups is 1. The molecule has 1 aliphatic heterocycles. The minimum absolute atomic E-state index is 0.0335. The fourth-order valence-corrected chi connectivity index (χ4v) is 2.48. The smallest absolute Gasteiger partial charge is 0.241 e. The van der Waals surface area contributed by atoms with E-state index >= 15 is 0 Å². The largest absolute Gasteiger partial charge is 0.361 e. The van der Waals surface area contributed by atoms with Crippen LogP contribution in [0.2, 0.25) is 0 Å². The number of aliphatic imine (C=N–C) groups is 1. The second-order valence-electron chi connectivity index (χ2n) is 5.88. The van der Waals surface area contributed by atoms with E-state index < -0.39 is 0 Å². The van der Waals surface area contributed by atoms with Gasteiger partial charge in [-0.15, -0.1) is 0 Å². The highest BCUT2D eigenvalue weighted by Gasteiger charge is 2.20. The van der Waals surface area contributed by atoms with Crippen molar-refractivity contribution in [1.29, 1.82) is 0 Å². The van der Waals surface area contributed by atoms with E-state index in [4.69, 9.17) is 4.52 Å². The van der Waals surface area contributed by atoms with Gasteiger partial charge in [0.05, 0.1) is 12.2 Å². The Morgan fingerprint density at radius 3 is 2.61 bits per heavy atom. The second-order valence-corrected chi connectivity index (χ2v) is 5.88. The van der Waals surface area contributed by atoms with Gasteiger partial charge in [-0.1, -0.05) is 5.16 Å². The van der Waals surface area contributed by atoms with Crippen molar-refractivity contribution in [3.8, 4) is 0 Å². The van der Waals surface area contributed by atoms with E-state index in [9.17, 15) is 4.79 Å². The van der Waals surface area contributed by atoms with Crippen molar-refractivity contribution in [2.24, 2.45) is 4.99 Å². The lowest BCUT2D eigenvalue weighted by molar-refractivity contribution is -0.127. The van der Waals surface area contributed by atoms with Gasteiger partial charge in [-0.25, -0.2) is 0 Å². The van der Waals surface area contributed by atoms with Gasteiger partial charge in [-0.05, 0) is 6.92 Å². The number of nitrogens with zero attached hydrogens (tertiary/aromatic N) is 5. The highest BCUT2D eigenvalue weighted by molar-refractivity contribution is 5.86. The van der Waals surface area contributed by atoms with Crippen molar-refractivity contribution in [3.63, 3.8) is 0 Å². The first-order valence-corrected chi connectivity index (χ1v) is 7.80. The maximum Gasteiger partial charge on any atom is 0.241 e. The zero-order chi connectivity index (χ0) is 16.8. The van der Waals surface area contributed by atoms with Gasteiger partial charge in [0.1, 0.15) is 5.76 Å². The number of rotatable bonds is 4. The number of amides is 1. The summed E-state index contributed by atoms with van der Waals surface area (Å²) < 4.78 is 5.10. The summed E-state index contributed by atoms with van der Waals surface area (Å²) in [5, 5.41) is 7.16. The molecule has 1 aliphatic rings. The van der Waals surface area contributed by atoms with Crippen LogP contribution in [0.25, 0.3) is 0 Å². The molecule has 0 aromatic carbocycles. The van der Waals surface area contributed by atoms with Gasteiger partial charge in [0.25, 0.3) is 0 Å². The van der Waals surface area contributed by atoms with Crippen LogP contribution in [0.1, 0.15) is 11.5 Å². The van der Waals surface area contributed by atoms with Crippen molar-refractivity contribution < 1.29 is 9.32 Å². The molecule has 23 heavy (non-hydrogen) atoms. The molecule has 0 atom stereocenters. The van der Waals surface area contributed by atoms with Crippen molar-refractivity contribution in [1.82, 2.24) is 25.2 Å². The van der Waals surface area contributed by atoms with E-state index in [0.29, 0.717) is 0 Å². The molecular formula is C15H26N6O2. The molecule has 0 saturated carbocycles. The third-order valence-electron chi connectivity index (χ3n) is 3.84. The molecule has 1 amide bonds. The zero-order valence-electron chi connectivity index (χ0n) is 14.4. The van der Waals surface area contributed by atoms with E-state index in [1.54, 1.807) is 26.0 Å². The molecule has 1 fully saturated rings. The molecule has 0 radical (unpaired) electrons. The quantitative estimate of drug-likeness (QED) is 0.609. The van der Waals surface area contributed by atoms with E-state index in [-0.39, 0.29) is 12.5 Å². The lowest BCUT2D eigenvalue weighted by Gasteiger charge is -2.36. The van der Waals surface area contributed by atoms with E-state index in [2.05, 4.69) is 25.3 Å². The van der Waals surface area contributed by atoms with Gasteiger partial charge < -0.3 is 19.6 Å². The topological polar surface area (TPSA) is 77.2 Å². The standard InChI is InChI=1S/C15H26N6O2/c1-12-9-13(18-23-12)11-20-5-7-21(8-6-20)15(16-2)17-10-14(22)19(3)4/h9H,5-8,10-11H2,1-4H3,(H,16,17). The Labute approximate surface area is 137 Å². The highest BCUT2D eigenvalue weighted by Crippen LogP contribution is 2.09. The fraction of sp³-hybridized carbons (Fsp3) is 0.667. The fourth-order valence-electron chi connectivity index (χ4n) is 2.48. The number of carbonyl (C=O) groups excluding carboxylic acids is 1. The van der Waals surface area contributed by atoms with Gasteiger partial charge in [0, 0.05) is 59.9 Å².